The van der Waals surface area contributed by atoms with E-state index in [1.165, 1.54) is 24.4 Å². The van der Waals surface area contributed by atoms with Crippen LogP contribution in [0.15, 0.2) is 47.5 Å². The van der Waals surface area contributed by atoms with Gasteiger partial charge in [0.25, 0.3) is 17.1 Å². The molecular formula is C14H7N5O6. The van der Waals surface area contributed by atoms with Crippen LogP contribution in [0, 0.1) is 41.8 Å². The van der Waals surface area contributed by atoms with E-state index < -0.39 is 26.1 Å². The summed E-state index contributed by atoms with van der Waals surface area (Å²) in [4.78, 5) is 34.0. The lowest BCUT2D eigenvalue weighted by molar-refractivity contribution is -0.394. The van der Waals surface area contributed by atoms with Gasteiger partial charge >= 0.3 is 0 Å². The van der Waals surface area contributed by atoms with Gasteiger partial charge in [0.15, 0.2) is 0 Å². The molecule has 0 heterocycles. The minimum atomic E-state index is -0.825. The molecule has 0 N–H and O–H groups in total. The van der Waals surface area contributed by atoms with Crippen LogP contribution in [0.1, 0.15) is 11.1 Å². The number of hydrogen-bond acceptors (Lipinski definition) is 8. The third-order valence-electron chi connectivity index (χ3n) is 3.09. The smallest absolute Gasteiger partial charge is 0.258 e. The van der Waals surface area contributed by atoms with Crippen molar-refractivity contribution in [1.82, 2.24) is 0 Å². The molecule has 2 aromatic carbocycles. The van der Waals surface area contributed by atoms with Gasteiger partial charge in [-0.15, -0.1) is 0 Å². The van der Waals surface area contributed by atoms with Crippen LogP contribution in [0.5, 0.6) is 0 Å². The van der Waals surface area contributed by atoms with Crippen molar-refractivity contribution in [2.75, 3.05) is 0 Å². The molecule has 11 nitrogen and oxygen atoms in total. The van der Waals surface area contributed by atoms with E-state index in [4.69, 9.17) is 5.26 Å². The Kier molecular flexibility index (Phi) is 4.75. The van der Waals surface area contributed by atoms with E-state index in [-0.39, 0.29) is 22.5 Å². The zero-order valence-corrected chi connectivity index (χ0v) is 12.2. The van der Waals surface area contributed by atoms with Crippen LogP contribution in [0.2, 0.25) is 0 Å². The summed E-state index contributed by atoms with van der Waals surface area (Å²) in [5.74, 6) is 0. The van der Waals surface area contributed by atoms with Crippen LogP contribution < -0.4 is 0 Å². The fraction of sp³-hybridized carbons (Fsp3) is 0. The van der Waals surface area contributed by atoms with Gasteiger partial charge in [-0.3, -0.25) is 30.3 Å². The van der Waals surface area contributed by atoms with Crippen LogP contribution in [0.3, 0.4) is 0 Å². The third kappa shape index (κ3) is 3.77. The Hall–Kier alpha value is -4.20. The molecule has 0 unspecified atom stereocenters. The molecule has 0 bridgehead atoms. The molecule has 0 aliphatic heterocycles. The second-order valence-corrected chi connectivity index (χ2v) is 4.62. The van der Waals surface area contributed by atoms with E-state index in [2.05, 4.69) is 4.99 Å². The highest BCUT2D eigenvalue weighted by Crippen LogP contribution is 2.26. The summed E-state index contributed by atoms with van der Waals surface area (Å²) in [6.45, 7) is 0. The summed E-state index contributed by atoms with van der Waals surface area (Å²) in [5, 5.41) is 41.7. The standard InChI is InChI=1S/C14H7N5O6/c15-8-16-14(9-2-1-3-11(4-9)17(20)21)10-5-12(18(22)23)7-13(6-10)19(24)25/h1-7H. The number of non-ortho nitro benzene ring substituents is 3. The summed E-state index contributed by atoms with van der Waals surface area (Å²) in [6.07, 6.45) is 1.49. The maximum Gasteiger partial charge on any atom is 0.276 e. The van der Waals surface area contributed by atoms with E-state index in [1.54, 1.807) is 0 Å². The van der Waals surface area contributed by atoms with Crippen LogP contribution in [-0.4, -0.2) is 20.5 Å². The van der Waals surface area contributed by atoms with Crippen LogP contribution in [0.25, 0.3) is 0 Å². The maximum absolute atomic E-state index is 11.0. The second kappa shape index (κ2) is 6.92. The fourth-order valence-electron chi connectivity index (χ4n) is 2.06. The van der Waals surface area contributed by atoms with E-state index in [1.807, 2.05) is 0 Å². The van der Waals surface area contributed by atoms with Crippen molar-refractivity contribution in [2.24, 2.45) is 4.99 Å². The first kappa shape index (κ1) is 17.2. The average molecular weight is 341 g/mol. The first-order valence-corrected chi connectivity index (χ1v) is 6.49. The van der Waals surface area contributed by atoms with Crippen LogP contribution in [0.4, 0.5) is 17.1 Å². The Morgan fingerprint density at radius 1 is 0.840 bits per heavy atom. The number of hydrogen-bond donors (Lipinski definition) is 0. The molecule has 124 valence electrons. The summed E-state index contributed by atoms with van der Waals surface area (Å²) in [7, 11) is 0. The van der Waals surface area contributed by atoms with Gasteiger partial charge in [0.05, 0.1) is 26.5 Å². The van der Waals surface area contributed by atoms with E-state index in [0.29, 0.717) is 0 Å². The molecule has 0 atom stereocenters. The molecule has 0 spiro atoms. The van der Waals surface area contributed by atoms with Gasteiger partial charge in [0, 0.05) is 35.4 Å². The lowest BCUT2D eigenvalue weighted by Gasteiger charge is -2.05. The molecule has 25 heavy (non-hydrogen) atoms. The second-order valence-electron chi connectivity index (χ2n) is 4.62. The zero-order chi connectivity index (χ0) is 18.6. The first-order valence-electron chi connectivity index (χ1n) is 6.49. The number of nitriles is 1. The van der Waals surface area contributed by atoms with Crippen LogP contribution >= 0.6 is 0 Å². The molecular weight excluding hydrogens is 334 g/mol. The predicted octanol–water partition coefficient (Wildman–Crippen LogP) is 2.73. The summed E-state index contributed by atoms with van der Waals surface area (Å²) in [6, 6.07) is 7.83. The highest BCUT2D eigenvalue weighted by molar-refractivity contribution is 6.14. The van der Waals surface area contributed by atoms with Gasteiger partial charge < -0.3 is 0 Å². The molecule has 0 saturated heterocycles. The van der Waals surface area contributed by atoms with Crippen molar-refractivity contribution < 1.29 is 14.8 Å². The van der Waals surface area contributed by atoms with Crippen molar-refractivity contribution >= 4 is 22.8 Å². The maximum atomic E-state index is 11.0. The highest BCUT2D eigenvalue weighted by Gasteiger charge is 2.21. The average Bonchev–Trinajstić information content (AvgIpc) is 2.59. The van der Waals surface area contributed by atoms with Gasteiger partial charge in [0.2, 0.25) is 6.19 Å². The quantitative estimate of drug-likeness (QED) is 0.349. The van der Waals surface area contributed by atoms with E-state index >= 15 is 0 Å². The normalized spacial score (nSPS) is 10.8. The number of benzene rings is 2. The minimum absolute atomic E-state index is 0.0806. The molecule has 2 aromatic rings. The van der Waals surface area contributed by atoms with Crippen molar-refractivity contribution in [3.05, 3.63) is 83.9 Å². The Bertz CT molecular complexity index is 930. The number of rotatable bonds is 5. The summed E-state index contributed by atoms with van der Waals surface area (Å²) < 4.78 is 0. The number of nitrogens with zero attached hydrogens (tertiary/aromatic N) is 5. The number of aliphatic imine (C=N–C) groups is 1. The van der Waals surface area contributed by atoms with Gasteiger partial charge in [-0.1, -0.05) is 12.1 Å². The van der Waals surface area contributed by atoms with E-state index in [0.717, 1.165) is 24.3 Å². The zero-order valence-electron chi connectivity index (χ0n) is 12.2. The topological polar surface area (TPSA) is 166 Å². The lowest BCUT2D eigenvalue weighted by atomic mass is 10.0. The molecule has 0 radical (unpaired) electrons. The number of nitro groups is 3. The molecule has 0 aliphatic carbocycles. The van der Waals surface area contributed by atoms with Crippen molar-refractivity contribution in [3.63, 3.8) is 0 Å². The minimum Gasteiger partial charge on any atom is -0.258 e. The van der Waals surface area contributed by atoms with Gasteiger partial charge in [-0.05, 0) is 0 Å². The molecule has 0 aliphatic rings. The Labute approximate surface area is 138 Å². The van der Waals surface area contributed by atoms with Crippen molar-refractivity contribution in [1.29, 1.82) is 5.26 Å². The molecule has 2 rings (SSSR count). The monoisotopic (exact) mass is 341 g/mol. The fourth-order valence-corrected chi connectivity index (χ4v) is 2.06. The summed E-state index contributed by atoms with van der Waals surface area (Å²) >= 11 is 0. The van der Waals surface area contributed by atoms with Gasteiger partial charge in [-0.2, -0.15) is 10.3 Å². The van der Waals surface area contributed by atoms with Crippen molar-refractivity contribution in [2.45, 2.75) is 0 Å². The Morgan fingerprint density at radius 3 is 1.84 bits per heavy atom. The van der Waals surface area contributed by atoms with Crippen molar-refractivity contribution in [3.8, 4) is 6.19 Å². The molecule has 11 heteroatoms. The van der Waals surface area contributed by atoms with Crippen LogP contribution in [-0.2, 0) is 0 Å². The summed E-state index contributed by atoms with van der Waals surface area (Å²) in [5.41, 5.74) is -1.55. The molecule has 0 saturated carbocycles. The largest absolute Gasteiger partial charge is 0.276 e. The Balaban J connectivity index is 2.70. The van der Waals surface area contributed by atoms with Gasteiger partial charge in [0.1, 0.15) is 0 Å². The molecule has 0 aromatic heterocycles. The molecule has 0 fully saturated rings. The lowest BCUT2D eigenvalue weighted by Crippen LogP contribution is -2.06. The highest BCUT2D eigenvalue weighted by atomic mass is 16.6. The number of nitro benzene ring substituents is 3. The van der Waals surface area contributed by atoms with E-state index in [9.17, 15) is 30.3 Å². The SMILES string of the molecule is N#CN=C(c1cccc([N+](=O)[O-])c1)c1cc([N+](=O)[O-])cc([N+](=O)[O-])c1. The third-order valence-corrected chi connectivity index (χ3v) is 3.09. The predicted molar refractivity (Wildman–Crippen MR) is 84.1 cm³/mol. The van der Waals surface area contributed by atoms with Gasteiger partial charge in [-0.25, -0.2) is 0 Å². The first-order chi connectivity index (χ1) is 11.8. The Morgan fingerprint density at radius 2 is 1.36 bits per heavy atom. The molecule has 0 amide bonds.